The molecule has 1 aromatic heterocycles. The standard InChI is InChI=1S/C19H32N6/c1-7-12-23(6)18-20-17(16-24(13-8-2)14-9-3)21-19(22-18)25(11-5)15-10-4/h8-10H,2-4,7,11-16H2,1,5-6H3. The van der Waals surface area contributed by atoms with E-state index in [2.05, 4.69) is 63.2 Å². The predicted molar refractivity (Wildman–Crippen MR) is 107 cm³/mol. The molecule has 0 spiro atoms. The zero-order chi connectivity index (χ0) is 18.7. The molecule has 0 aliphatic rings. The molecule has 1 rings (SSSR count). The van der Waals surface area contributed by atoms with Crippen LogP contribution in [0.3, 0.4) is 0 Å². The number of anilines is 2. The number of nitrogens with zero attached hydrogens (tertiary/aromatic N) is 6. The Morgan fingerprint density at radius 1 is 0.880 bits per heavy atom. The molecule has 0 atom stereocenters. The largest absolute Gasteiger partial charge is 0.344 e. The molecule has 138 valence electrons. The zero-order valence-corrected chi connectivity index (χ0v) is 16.0. The van der Waals surface area contributed by atoms with Crippen molar-refractivity contribution in [3.63, 3.8) is 0 Å². The van der Waals surface area contributed by atoms with Crippen molar-refractivity contribution in [2.75, 3.05) is 49.6 Å². The van der Waals surface area contributed by atoms with E-state index in [1.165, 1.54) is 0 Å². The highest BCUT2D eigenvalue weighted by Gasteiger charge is 2.15. The molecule has 0 amide bonds. The van der Waals surface area contributed by atoms with Crippen molar-refractivity contribution < 1.29 is 0 Å². The summed E-state index contributed by atoms with van der Waals surface area (Å²) in [5.41, 5.74) is 0. The molecule has 0 aliphatic heterocycles. The molecule has 6 heteroatoms. The summed E-state index contributed by atoms with van der Waals surface area (Å²) in [4.78, 5) is 20.4. The topological polar surface area (TPSA) is 48.4 Å². The molecular weight excluding hydrogens is 312 g/mol. The van der Waals surface area contributed by atoms with Gasteiger partial charge in [-0.3, -0.25) is 4.90 Å². The lowest BCUT2D eigenvalue weighted by molar-refractivity contribution is 0.318. The summed E-state index contributed by atoms with van der Waals surface area (Å²) in [6, 6.07) is 0. The van der Waals surface area contributed by atoms with Crippen LogP contribution in [0.4, 0.5) is 11.9 Å². The summed E-state index contributed by atoms with van der Waals surface area (Å²) < 4.78 is 0. The molecule has 25 heavy (non-hydrogen) atoms. The van der Waals surface area contributed by atoms with Gasteiger partial charge < -0.3 is 9.80 Å². The minimum Gasteiger partial charge on any atom is -0.344 e. The molecule has 0 radical (unpaired) electrons. The molecule has 1 aromatic rings. The van der Waals surface area contributed by atoms with E-state index < -0.39 is 0 Å². The Morgan fingerprint density at radius 2 is 1.48 bits per heavy atom. The van der Waals surface area contributed by atoms with Gasteiger partial charge in [0.25, 0.3) is 0 Å². The molecule has 0 N–H and O–H groups in total. The van der Waals surface area contributed by atoms with Gasteiger partial charge in [0.1, 0.15) is 5.82 Å². The lowest BCUT2D eigenvalue weighted by atomic mass is 10.4. The summed E-state index contributed by atoms with van der Waals surface area (Å²) in [7, 11) is 2.02. The van der Waals surface area contributed by atoms with Crippen molar-refractivity contribution in [3.8, 4) is 0 Å². The molecule has 6 nitrogen and oxygen atoms in total. The Balaban J connectivity index is 3.19. The van der Waals surface area contributed by atoms with Gasteiger partial charge in [0.2, 0.25) is 11.9 Å². The van der Waals surface area contributed by atoms with Crippen molar-refractivity contribution >= 4 is 11.9 Å². The first-order valence-corrected chi connectivity index (χ1v) is 8.85. The Kier molecular flexibility index (Phi) is 9.47. The third kappa shape index (κ3) is 6.66. The fourth-order valence-electron chi connectivity index (χ4n) is 2.49. The van der Waals surface area contributed by atoms with E-state index in [1.807, 2.05) is 25.3 Å². The molecule has 0 saturated heterocycles. The summed E-state index contributed by atoms with van der Waals surface area (Å²) in [5.74, 6) is 2.16. The van der Waals surface area contributed by atoms with Gasteiger partial charge in [0.15, 0.2) is 0 Å². The van der Waals surface area contributed by atoms with Crippen molar-refractivity contribution in [1.82, 2.24) is 19.9 Å². The SMILES string of the molecule is C=CCN(CC=C)Cc1nc(N(C)CCC)nc(N(CC)CC=C)n1. The summed E-state index contributed by atoms with van der Waals surface area (Å²) in [6.07, 6.45) is 6.66. The smallest absolute Gasteiger partial charge is 0.230 e. The summed E-state index contributed by atoms with van der Waals surface area (Å²) >= 11 is 0. The van der Waals surface area contributed by atoms with Gasteiger partial charge in [-0.25, -0.2) is 0 Å². The lowest BCUT2D eigenvalue weighted by Gasteiger charge is -2.24. The molecule has 0 fully saturated rings. The number of hydrogen-bond donors (Lipinski definition) is 0. The molecule has 1 heterocycles. The first kappa shape index (κ1) is 20.8. The van der Waals surface area contributed by atoms with Gasteiger partial charge in [-0.05, 0) is 13.3 Å². The second-order valence-electron chi connectivity index (χ2n) is 5.87. The first-order chi connectivity index (χ1) is 12.1. The van der Waals surface area contributed by atoms with Crippen LogP contribution in [0, 0.1) is 0 Å². The Morgan fingerprint density at radius 3 is 2.00 bits per heavy atom. The van der Waals surface area contributed by atoms with Crippen molar-refractivity contribution in [1.29, 1.82) is 0 Å². The first-order valence-electron chi connectivity index (χ1n) is 8.85. The van der Waals surface area contributed by atoms with Crippen LogP contribution >= 0.6 is 0 Å². The van der Waals surface area contributed by atoms with Crippen LogP contribution in [-0.4, -0.2) is 59.6 Å². The van der Waals surface area contributed by atoms with E-state index in [0.29, 0.717) is 25.0 Å². The van der Waals surface area contributed by atoms with E-state index in [1.54, 1.807) is 0 Å². The van der Waals surface area contributed by atoms with Crippen molar-refractivity contribution in [2.45, 2.75) is 26.8 Å². The van der Waals surface area contributed by atoms with E-state index in [4.69, 9.17) is 0 Å². The normalized spacial score (nSPS) is 10.6. The van der Waals surface area contributed by atoms with Gasteiger partial charge in [0.05, 0.1) is 6.54 Å². The minimum atomic E-state index is 0.631. The second-order valence-corrected chi connectivity index (χ2v) is 5.87. The number of rotatable bonds is 13. The third-order valence-corrected chi connectivity index (χ3v) is 3.71. The van der Waals surface area contributed by atoms with Gasteiger partial charge >= 0.3 is 0 Å². The van der Waals surface area contributed by atoms with Crippen LogP contribution < -0.4 is 9.80 Å². The van der Waals surface area contributed by atoms with Gasteiger partial charge in [-0.2, -0.15) is 15.0 Å². The fraction of sp³-hybridized carbons (Fsp3) is 0.526. The van der Waals surface area contributed by atoms with Crippen LogP contribution in [0.15, 0.2) is 38.0 Å². The zero-order valence-electron chi connectivity index (χ0n) is 16.0. The van der Waals surface area contributed by atoms with Gasteiger partial charge in [-0.1, -0.05) is 25.2 Å². The molecule has 0 aromatic carbocycles. The summed E-state index contributed by atoms with van der Waals surface area (Å²) in [6.45, 7) is 20.3. The average molecular weight is 345 g/mol. The maximum absolute atomic E-state index is 4.69. The Hall–Kier alpha value is -2.21. The highest BCUT2D eigenvalue weighted by molar-refractivity contribution is 5.39. The average Bonchev–Trinajstić information content (AvgIpc) is 2.60. The minimum absolute atomic E-state index is 0.631. The van der Waals surface area contributed by atoms with Gasteiger partial charge in [0, 0.05) is 39.8 Å². The maximum Gasteiger partial charge on any atom is 0.230 e. The molecule has 0 aliphatic carbocycles. The van der Waals surface area contributed by atoms with Crippen LogP contribution in [0.5, 0.6) is 0 Å². The van der Waals surface area contributed by atoms with Crippen LogP contribution in [0.1, 0.15) is 26.1 Å². The van der Waals surface area contributed by atoms with E-state index in [9.17, 15) is 0 Å². The van der Waals surface area contributed by atoms with Crippen LogP contribution in [0.25, 0.3) is 0 Å². The molecule has 0 bridgehead atoms. The predicted octanol–water partition coefficient (Wildman–Crippen LogP) is 2.90. The molecule has 0 unspecified atom stereocenters. The van der Waals surface area contributed by atoms with E-state index >= 15 is 0 Å². The molecular formula is C19H32N6. The fourth-order valence-corrected chi connectivity index (χ4v) is 2.49. The van der Waals surface area contributed by atoms with E-state index in [-0.39, 0.29) is 0 Å². The lowest BCUT2D eigenvalue weighted by Crippen LogP contribution is -2.30. The Bertz CT molecular complexity index is 547. The maximum atomic E-state index is 4.69. The highest BCUT2D eigenvalue weighted by Crippen LogP contribution is 2.15. The number of likely N-dealkylation sites (N-methyl/N-ethyl adjacent to an activating group) is 1. The van der Waals surface area contributed by atoms with Crippen LogP contribution in [0.2, 0.25) is 0 Å². The van der Waals surface area contributed by atoms with Crippen LogP contribution in [-0.2, 0) is 6.54 Å². The monoisotopic (exact) mass is 344 g/mol. The Labute approximate surface area is 152 Å². The highest BCUT2D eigenvalue weighted by atomic mass is 15.3. The van der Waals surface area contributed by atoms with E-state index in [0.717, 1.165) is 38.4 Å². The number of hydrogen-bond acceptors (Lipinski definition) is 6. The van der Waals surface area contributed by atoms with Gasteiger partial charge in [-0.15, -0.1) is 19.7 Å². The quantitative estimate of drug-likeness (QED) is 0.513. The third-order valence-electron chi connectivity index (χ3n) is 3.71. The summed E-state index contributed by atoms with van der Waals surface area (Å²) in [5, 5.41) is 0. The second kappa shape index (κ2) is 11.4. The van der Waals surface area contributed by atoms with Crippen molar-refractivity contribution in [3.05, 3.63) is 43.8 Å². The molecule has 0 saturated carbocycles. The number of aromatic nitrogens is 3. The van der Waals surface area contributed by atoms with Crippen molar-refractivity contribution in [2.24, 2.45) is 0 Å².